The van der Waals surface area contributed by atoms with Crippen molar-refractivity contribution >= 4 is 28.5 Å². The largest absolute Gasteiger partial charge is 0.390 e. The number of hydrogen-bond donors (Lipinski definition) is 1. The summed E-state index contributed by atoms with van der Waals surface area (Å²) < 4.78 is 1.68. The van der Waals surface area contributed by atoms with Crippen LogP contribution in [0.15, 0.2) is 12.3 Å². The van der Waals surface area contributed by atoms with Crippen LogP contribution in [0.5, 0.6) is 0 Å². The van der Waals surface area contributed by atoms with Gasteiger partial charge in [-0.2, -0.15) is 0 Å². The lowest BCUT2D eigenvalue weighted by Gasteiger charge is -2.56. The molecular weight excluding hydrogens is 436 g/mol. The van der Waals surface area contributed by atoms with E-state index in [2.05, 4.69) is 22.2 Å². The average molecular weight is 471 g/mol. The van der Waals surface area contributed by atoms with Crippen LogP contribution in [-0.4, -0.2) is 36.5 Å². The number of nitrogens with zero attached hydrogens (tertiary/aromatic N) is 4. The minimum Gasteiger partial charge on any atom is -0.390 e. The smallest absolute Gasteiger partial charge is 0.201 e. The maximum atomic E-state index is 13.6. The van der Waals surface area contributed by atoms with Crippen LogP contribution in [0.4, 0.5) is 0 Å². The van der Waals surface area contributed by atoms with Crippen molar-refractivity contribution in [1.29, 1.82) is 0 Å². The van der Waals surface area contributed by atoms with Gasteiger partial charge in [0.1, 0.15) is 12.1 Å². The van der Waals surface area contributed by atoms with Crippen molar-refractivity contribution in [3.8, 4) is 0 Å². The summed E-state index contributed by atoms with van der Waals surface area (Å²) in [7, 11) is 0. The molecule has 33 heavy (non-hydrogen) atoms. The molecule has 0 amide bonds. The zero-order valence-electron chi connectivity index (χ0n) is 19.7. The van der Waals surface area contributed by atoms with Gasteiger partial charge in [0, 0.05) is 12.1 Å². The van der Waals surface area contributed by atoms with Gasteiger partial charge in [-0.25, -0.2) is 9.67 Å². The Hall–Kier alpha value is -1.53. The first-order valence-electron chi connectivity index (χ1n) is 12.8. The van der Waals surface area contributed by atoms with Gasteiger partial charge >= 0.3 is 0 Å². The number of aliphatic hydroxyl groups is 1. The fraction of sp³-hybridized carbons (Fsp3) is 0.769. The van der Waals surface area contributed by atoms with Gasteiger partial charge in [-0.3, -0.25) is 4.79 Å². The molecule has 4 saturated carbocycles. The van der Waals surface area contributed by atoms with Gasteiger partial charge in [0.2, 0.25) is 5.65 Å². The van der Waals surface area contributed by atoms with Gasteiger partial charge in [-0.05, 0) is 106 Å². The number of rotatable bonds is 3. The molecule has 2 heterocycles. The third-order valence-corrected chi connectivity index (χ3v) is 10.5. The highest BCUT2D eigenvalue weighted by molar-refractivity contribution is 6.31. The monoisotopic (exact) mass is 470 g/mol. The van der Waals surface area contributed by atoms with Crippen molar-refractivity contribution in [2.75, 3.05) is 0 Å². The Balaban J connectivity index is 1.20. The van der Waals surface area contributed by atoms with Crippen LogP contribution >= 0.6 is 11.6 Å². The van der Waals surface area contributed by atoms with Crippen LogP contribution in [0.3, 0.4) is 0 Å². The van der Waals surface area contributed by atoms with Gasteiger partial charge < -0.3 is 5.11 Å². The molecule has 0 unspecified atom stereocenters. The Labute approximate surface area is 200 Å². The van der Waals surface area contributed by atoms with E-state index < -0.39 is 5.60 Å². The molecule has 0 radical (unpaired) electrons. The molecule has 4 aliphatic rings. The molecule has 4 fully saturated rings. The molecule has 2 aromatic rings. The minimum absolute atomic E-state index is 0.0948. The van der Waals surface area contributed by atoms with Crippen molar-refractivity contribution < 1.29 is 9.90 Å². The zero-order valence-corrected chi connectivity index (χ0v) is 20.5. The van der Waals surface area contributed by atoms with E-state index in [0.29, 0.717) is 22.5 Å². The maximum Gasteiger partial charge on any atom is 0.201 e. The quantitative estimate of drug-likeness (QED) is 0.677. The van der Waals surface area contributed by atoms with Crippen LogP contribution in [0.25, 0.3) is 11.2 Å². The molecule has 0 bridgehead atoms. The number of ketones is 1. The molecule has 7 heteroatoms. The van der Waals surface area contributed by atoms with Crippen molar-refractivity contribution in [3.05, 3.63) is 17.3 Å². The lowest BCUT2D eigenvalue weighted by molar-refractivity contribution is -0.133. The summed E-state index contributed by atoms with van der Waals surface area (Å²) in [4.78, 5) is 17.8. The Bertz CT molecular complexity index is 1080. The first-order valence-corrected chi connectivity index (χ1v) is 13.2. The second-order valence-corrected chi connectivity index (χ2v) is 12.5. The highest BCUT2D eigenvalue weighted by Crippen LogP contribution is 2.64. The van der Waals surface area contributed by atoms with Crippen molar-refractivity contribution in [2.24, 2.45) is 40.9 Å². The molecular formula is C26H35ClN4O2. The van der Waals surface area contributed by atoms with Gasteiger partial charge in [0.25, 0.3) is 0 Å². The van der Waals surface area contributed by atoms with E-state index in [1.807, 2.05) is 6.92 Å². The van der Waals surface area contributed by atoms with E-state index in [1.54, 1.807) is 16.9 Å². The molecule has 178 valence electrons. The molecule has 2 aromatic heterocycles. The lowest BCUT2D eigenvalue weighted by Crippen LogP contribution is -2.51. The predicted octanol–water partition coefficient (Wildman–Crippen LogP) is 5.07. The number of Topliss-reactive ketones (excluding diaryl/α,β-unsaturated/α-hetero) is 1. The van der Waals surface area contributed by atoms with Crippen LogP contribution < -0.4 is 0 Å². The van der Waals surface area contributed by atoms with E-state index in [-0.39, 0.29) is 23.7 Å². The molecule has 8 atom stereocenters. The zero-order chi connectivity index (χ0) is 23.0. The fourth-order valence-electron chi connectivity index (χ4n) is 8.82. The standard InChI is InChI=1S/C26H35ClN4O2/c1-25(33)9-7-17-15(12-25)3-4-19-18(17)8-10-26(2)20(19)5-6-21(26)23(32)14-31-22-11-16(27)13-28-24(22)29-30-31/h11,13,15,17-21,33H,3-10,12,14H2,1-2H3/t15-,17+,18-,19-,20+,21-,25-,26+/m1/s1. The highest BCUT2D eigenvalue weighted by Gasteiger charge is 2.58. The van der Waals surface area contributed by atoms with Gasteiger partial charge in [0.05, 0.1) is 10.6 Å². The first kappa shape index (κ1) is 22.0. The molecule has 0 aromatic carbocycles. The third kappa shape index (κ3) is 3.54. The van der Waals surface area contributed by atoms with Crippen molar-refractivity contribution in [2.45, 2.75) is 83.8 Å². The summed E-state index contributed by atoms with van der Waals surface area (Å²) in [5, 5.41) is 19.5. The van der Waals surface area contributed by atoms with E-state index >= 15 is 0 Å². The fourth-order valence-corrected chi connectivity index (χ4v) is 8.97. The van der Waals surface area contributed by atoms with E-state index in [0.717, 1.165) is 49.0 Å². The first-order chi connectivity index (χ1) is 15.7. The molecule has 6 nitrogen and oxygen atoms in total. The summed E-state index contributed by atoms with van der Waals surface area (Å²) in [5.41, 5.74) is 0.891. The van der Waals surface area contributed by atoms with Crippen LogP contribution in [0, 0.1) is 40.9 Å². The Morgan fingerprint density at radius 1 is 1.12 bits per heavy atom. The second-order valence-electron chi connectivity index (χ2n) is 12.1. The Morgan fingerprint density at radius 3 is 2.79 bits per heavy atom. The van der Waals surface area contributed by atoms with Crippen LogP contribution in [0.2, 0.25) is 5.02 Å². The Morgan fingerprint density at radius 2 is 1.94 bits per heavy atom. The number of aromatic nitrogens is 4. The summed E-state index contributed by atoms with van der Waals surface area (Å²) >= 11 is 6.12. The maximum absolute atomic E-state index is 13.6. The van der Waals surface area contributed by atoms with E-state index in [4.69, 9.17) is 11.6 Å². The third-order valence-electron chi connectivity index (χ3n) is 10.3. The molecule has 0 saturated heterocycles. The van der Waals surface area contributed by atoms with Crippen LogP contribution in [-0.2, 0) is 11.3 Å². The second kappa shape index (κ2) is 7.74. The Kier molecular flexibility index (Phi) is 5.15. The van der Waals surface area contributed by atoms with Crippen molar-refractivity contribution in [3.63, 3.8) is 0 Å². The minimum atomic E-state index is -0.465. The number of carbonyl (C=O) groups is 1. The summed E-state index contributed by atoms with van der Waals surface area (Å²) in [6, 6.07) is 1.79. The SMILES string of the molecule is C[C@@]1(O)CC[C@H]2[C@H](CC[C@@H]3[C@@H]2CC[C@]2(C)[C@@H](C(=O)Cn4nnc5ncc(Cl)cc54)CC[C@@H]32)C1. The highest BCUT2D eigenvalue weighted by atomic mass is 35.5. The molecule has 0 spiro atoms. The lowest BCUT2D eigenvalue weighted by atomic mass is 9.49. The average Bonchev–Trinajstić information content (AvgIpc) is 3.33. The number of fused-ring (bicyclic) bond motifs is 6. The molecule has 4 aliphatic carbocycles. The normalized spacial score (nSPS) is 42.5. The molecule has 6 rings (SSSR count). The van der Waals surface area contributed by atoms with Gasteiger partial charge in [-0.15, -0.1) is 5.10 Å². The summed E-state index contributed by atoms with van der Waals surface area (Å²) in [5.74, 6) is 4.05. The van der Waals surface area contributed by atoms with E-state index in [9.17, 15) is 9.90 Å². The summed E-state index contributed by atoms with van der Waals surface area (Å²) in [6.07, 6.45) is 11.8. The number of halogens is 1. The van der Waals surface area contributed by atoms with Crippen LogP contribution in [0.1, 0.15) is 71.6 Å². The van der Waals surface area contributed by atoms with E-state index in [1.165, 1.54) is 32.1 Å². The van der Waals surface area contributed by atoms with Gasteiger partial charge in [-0.1, -0.05) is 23.7 Å². The van der Waals surface area contributed by atoms with Crippen molar-refractivity contribution in [1.82, 2.24) is 20.0 Å². The summed E-state index contributed by atoms with van der Waals surface area (Å²) in [6.45, 7) is 4.68. The number of hydrogen-bond acceptors (Lipinski definition) is 5. The van der Waals surface area contributed by atoms with Gasteiger partial charge in [0.15, 0.2) is 5.78 Å². The number of carbonyl (C=O) groups excluding carboxylic acids is 1. The molecule has 0 aliphatic heterocycles. The predicted molar refractivity (Wildman–Crippen MR) is 127 cm³/mol. The topological polar surface area (TPSA) is 80.9 Å². The molecule has 1 N–H and O–H groups in total. The number of pyridine rings is 1.